The SMILES string of the molecule is C[Si](C)(C)c1ccc(N(c2ccccc2)c2ccc3ccc4c(N(c5ccccc5)c5cc6ccccc6cn5)ccc5ccc2c3c54)cc1.C[Si](C)(C)c1ccc(N(c2ccccc2)c2ccc3ccc4c(N(c5ccccc5)c5ccc6ccccc6n5)ccc5ccc2c3c54)cc1.C[Si](C)(C)c1ccc(N(c2ccccc2)c2ccc3ccc4c(N(c5ccccc5)c5nccc6ccccc56)ccc5ccc2c3c54)cc1. The van der Waals surface area contributed by atoms with Crippen LogP contribution in [0, 0.1) is 0 Å². The highest BCUT2D eigenvalue weighted by molar-refractivity contribution is 6.89. The van der Waals surface area contributed by atoms with Crippen molar-refractivity contribution in [1.82, 2.24) is 15.0 Å². The zero-order chi connectivity index (χ0) is 101. The van der Waals surface area contributed by atoms with E-state index in [0.29, 0.717) is 0 Å². The van der Waals surface area contributed by atoms with Gasteiger partial charge in [-0.15, -0.1) is 0 Å². The number of pyridine rings is 3. The standard InChI is InChI=1S/3C46H37N3Si/c1-50(2,3)39-24-22-38(23-25-39)48(36-14-6-4-7-15-36)42-28-20-32-19-27-41-43(29-21-33-18-26-40(42)45(32)46(33)41)49(37-16-8-5-9-17-37)44-30-34-12-10-11-13-35(34)31-47-44;1-50(2,3)38-25-23-37(24-26-38)48(35-13-6-4-7-14-35)42-29-20-33-19-28-40-43(30-21-34-18-27-39(42)45(33)46(34)40)49(36-15-8-5-9-16-36)44-31-22-32-12-10-11-17-41(32)47-44;1-50(2,3)38-24-22-37(23-25-38)48(35-13-6-4-7-14-35)42-28-20-33-19-27-41-43(29-21-34-18-26-40(42)44(33)45(34)41)49(36-15-8-5-9-16-36)46-39-17-11-10-12-32(39)30-31-47-46/h3*4-31H,1-3H3. The van der Waals surface area contributed by atoms with Crippen molar-refractivity contribution in [3.05, 3.63) is 510 Å². The topological polar surface area (TPSA) is 58.1 Å². The van der Waals surface area contributed by atoms with Gasteiger partial charge in [0.2, 0.25) is 0 Å². The first kappa shape index (κ1) is 93.2. The molecule has 0 unspecified atom stereocenters. The molecule has 0 spiro atoms. The van der Waals surface area contributed by atoms with Gasteiger partial charge < -0.3 is 14.7 Å². The van der Waals surface area contributed by atoms with Crippen LogP contribution in [0.25, 0.3) is 129 Å². The number of hydrogen-bond acceptors (Lipinski definition) is 9. The third kappa shape index (κ3) is 17.2. The summed E-state index contributed by atoms with van der Waals surface area (Å²) in [7, 11) is -4.33. The number of hydrogen-bond donors (Lipinski definition) is 0. The van der Waals surface area contributed by atoms with Crippen molar-refractivity contribution in [3.63, 3.8) is 0 Å². The largest absolute Gasteiger partial charge is 0.310 e. The van der Waals surface area contributed by atoms with Gasteiger partial charge in [0.05, 0.1) is 63.9 Å². The van der Waals surface area contributed by atoms with Crippen LogP contribution in [0.3, 0.4) is 0 Å². The molecule has 0 bridgehead atoms. The molecule has 12 heteroatoms. The van der Waals surface area contributed by atoms with Crippen LogP contribution in [0.5, 0.6) is 0 Å². The predicted octanol–water partition coefficient (Wildman–Crippen LogP) is 37.9. The molecule has 0 N–H and O–H groups in total. The summed E-state index contributed by atoms with van der Waals surface area (Å²) in [5, 5.41) is 32.4. The molecule has 0 aliphatic carbocycles. The van der Waals surface area contributed by atoms with E-state index in [9.17, 15) is 0 Å². The lowest BCUT2D eigenvalue weighted by Crippen LogP contribution is -2.37. The van der Waals surface area contributed by atoms with Gasteiger partial charge >= 0.3 is 0 Å². The molecule has 720 valence electrons. The van der Waals surface area contributed by atoms with Crippen molar-refractivity contribution in [3.8, 4) is 0 Å². The van der Waals surface area contributed by atoms with Crippen molar-refractivity contribution in [2.75, 3.05) is 29.4 Å². The van der Waals surface area contributed by atoms with Crippen LogP contribution in [-0.2, 0) is 0 Å². The van der Waals surface area contributed by atoms with E-state index < -0.39 is 24.2 Å². The second-order valence-electron chi connectivity index (χ2n) is 42.3. The van der Waals surface area contributed by atoms with Crippen LogP contribution in [0.4, 0.5) is 103 Å². The summed E-state index contributed by atoms with van der Waals surface area (Å²) in [5.41, 5.74) is 17.9. The normalized spacial score (nSPS) is 11.9. The van der Waals surface area contributed by atoms with Gasteiger partial charge in [0.25, 0.3) is 0 Å². The van der Waals surface area contributed by atoms with E-state index in [4.69, 9.17) is 15.0 Å². The second-order valence-corrected chi connectivity index (χ2v) is 57.5. The van der Waals surface area contributed by atoms with Crippen molar-refractivity contribution in [1.29, 1.82) is 0 Å². The van der Waals surface area contributed by atoms with Gasteiger partial charge in [-0.25, -0.2) is 15.0 Å². The molecule has 9 nitrogen and oxygen atoms in total. The Morgan fingerprint density at radius 3 is 0.760 bits per heavy atom. The monoisotopic (exact) mass is 1980 g/mol. The maximum Gasteiger partial charge on any atom is 0.145 e. The quantitative estimate of drug-likeness (QED) is 0.0517. The fourth-order valence-electron chi connectivity index (χ4n) is 22.4. The Labute approximate surface area is 878 Å². The van der Waals surface area contributed by atoms with E-state index in [1.165, 1.54) is 140 Å². The third-order valence-electron chi connectivity index (χ3n) is 29.9. The van der Waals surface area contributed by atoms with E-state index in [1.807, 2.05) is 12.4 Å². The molecular formula is C138H111N9Si3. The van der Waals surface area contributed by atoms with E-state index in [2.05, 4.69) is 586 Å². The number of fused-ring (bicyclic) bond motifs is 3. The molecule has 0 saturated heterocycles. The number of nitrogens with zero attached hydrogens (tertiary/aromatic N) is 9. The molecule has 3 heterocycles. The van der Waals surface area contributed by atoms with Gasteiger partial charge in [-0.1, -0.05) is 396 Å². The van der Waals surface area contributed by atoms with Gasteiger partial charge in [-0.05, 0) is 251 Å². The maximum atomic E-state index is 5.18. The van der Waals surface area contributed by atoms with Gasteiger partial charge in [0.15, 0.2) is 0 Å². The Hall–Kier alpha value is -17.9. The molecule has 27 aromatic rings. The molecule has 150 heavy (non-hydrogen) atoms. The smallest absolute Gasteiger partial charge is 0.145 e. The molecular weight excluding hydrogens is 1870 g/mol. The Morgan fingerprint density at radius 2 is 0.420 bits per heavy atom. The van der Waals surface area contributed by atoms with Crippen LogP contribution in [0.15, 0.2) is 510 Å². The minimum atomic E-state index is -1.44. The highest BCUT2D eigenvalue weighted by atomic mass is 28.3. The average molecular weight is 1980 g/mol. The summed E-state index contributed by atoms with van der Waals surface area (Å²) < 4.78 is 0. The Balaban J connectivity index is 0.000000116. The van der Waals surface area contributed by atoms with Gasteiger partial charge in [-0.2, -0.15) is 0 Å². The van der Waals surface area contributed by atoms with Gasteiger partial charge in [0.1, 0.15) is 17.5 Å². The highest BCUT2D eigenvalue weighted by Gasteiger charge is 2.31. The summed E-state index contributed by atoms with van der Waals surface area (Å²) in [6.07, 6.45) is 3.90. The van der Waals surface area contributed by atoms with Crippen molar-refractivity contribution in [2.24, 2.45) is 0 Å². The average Bonchev–Trinajstić information content (AvgIpc) is 0.723. The summed E-state index contributed by atoms with van der Waals surface area (Å²) in [6, 6.07) is 181. The highest BCUT2D eigenvalue weighted by Crippen LogP contribution is 2.54. The first-order chi connectivity index (χ1) is 73.3. The third-order valence-corrected chi connectivity index (χ3v) is 36.1. The summed E-state index contributed by atoms with van der Waals surface area (Å²) in [5.74, 6) is 2.70. The summed E-state index contributed by atoms with van der Waals surface area (Å²) in [4.78, 5) is 29.4. The molecule has 0 radical (unpaired) electrons. The molecule has 0 fully saturated rings. The zero-order valence-corrected chi connectivity index (χ0v) is 88.5. The number of aromatic nitrogens is 3. The lowest BCUT2D eigenvalue weighted by molar-refractivity contribution is 1.20. The molecule has 0 atom stereocenters. The molecule has 0 aliphatic rings. The van der Waals surface area contributed by atoms with Crippen molar-refractivity contribution >= 4 is 272 Å². The first-order valence-corrected chi connectivity index (χ1v) is 62.4. The van der Waals surface area contributed by atoms with Crippen molar-refractivity contribution in [2.45, 2.75) is 58.9 Å². The number of rotatable bonds is 21. The van der Waals surface area contributed by atoms with Crippen LogP contribution in [-0.4, -0.2) is 39.2 Å². The fourth-order valence-corrected chi connectivity index (χ4v) is 25.9. The van der Waals surface area contributed by atoms with Crippen molar-refractivity contribution < 1.29 is 0 Å². The van der Waals surface area contributed by atoms with Crippen LogP contribution < -0.4 is 45.0 Å². The molecule has 0 saturated carbocycles. The van der Waals surface area contributed by atoms with E-state index >= 15 is 0 Å². The van der Waals surface area contributed by atoms with Crippen LogP contribution in [0.2, 0.25) is 58.9 Å². The minimum absolute atomic E-state index is 0.891. The minimum Gasteiger partial charge on any atom is -0.310 e. The van der Waals surface area contributed by atoms with Gasteiger partial charge in [0, 0.05) is 112 Å². The first-order valence-electron chi connectivity index (χ1n) is 51.9. The second kappa shape index (κ2) is 38.5. The van der Waals surface area contributed by atoms with Gasteiger partial charge in [-0.3, -0.25) is 14.7 Å². The number of anilines is 18. The maximum absolute atomic E-state index is 5.18. The zero-order valence-electron chi connectivity index (χ0n) is 85.5. The molecule has 27 rings (SSSR count). The summed E-state index contributed by atoms with van der Waals surface area (Å²) in [6.45, 7) is 21.6. The number of benzene rings is 24. The Morgan fingerprint density at radius 1 is 0.167 bits per heavy atom. The molecule has 24 aromatic carbocycles. The van der Waals surface area contributed by atoms with E-state index in [1.54, 1.807) is 0 Å². The van der Waals surface area contributed by atoms with Crippen LogP contribution in [0.1, 0.15) is 0 Å². The van der Waals surface area contributed by atoms with Crippen LogP contribution >= 0.6 is 0 Å². The lowest BCUT2D eigenvalue weighted by Gasteiger charge is -2.29. The molecule has 0 amide bonds. The molecule has 0 aliphatic heterocycles. The number of para-hydroxylation sites is 7. The van der Waals surface area contributed by atoms with E-state index in [-0.39, 0.29) is 0 Å². The predicted molar refractivity (Wildman–Crippen MR) is 653 cm³/mol. The molecule has 3 aromatic heterocycles. The Kier molecular flexibility index (Phi) is 23.9. The summed E-state index contributed by atoms with van der Waals surface area (Å²) >= 11 is 0. The lowest BCUT2D eigenvalue weighted by atomic mass is 9.91. The fraction of sp³-hybridized carbons (Fsp3) is 0.0652. The van der Waals surface area contributed by atoms with E-state index in [0.717, 1.165) is 107 Å². The Bertz CT molecular complexity index is 9270.